The number of nitrogens with one attached hydrogen (secondary N) is 2. The first-order valence-electron chi connectivity index (χ1n) is 7.64. The van der Waals surface area contributed by atoms with E-state index in [1.54, 1.807) is 36.4 Å². The smallest absolute Gasteiger partial charge is 0.276 e. The first-order chi connectivity index (χ1) is 12.5. The molecule has 0 fully saturated rings. The van der Waals surface area contributed by atoms with Crippen LogP contribution in [-0.4, -0.2) is 18.4 Å². The average molecular weight is 370 g/mol. The molecule has 0 spiro atoms. The van der Waals surface area contributed by atoms with Gasteiger partial charge in [-0.1, -0.05) is 23.7 Å². The number of carbonyl (C=O) groups excluding carboxylic acids is 2. The first kappa shape index (κ1) is 19.0. The van der Waals surface area contributed by atoms with Crippen LogP contribution >= 0.6 is 11.6 Å². The van der Waals surface area contributed by atoms with Crippen LogP contribution in [0.3, 0.4) is 0 Å². The molecule has 2 aromatic rings. The number of carbonyl (C=O) groups is 2. The number of hydrogen-bond acceptors (Lipinski definition) is 4. The molecule has 6 nitrogen and oxygen atoms in total. The second kappa shape index (κ2) is 9.25. The molecule has 2 N–H and O–H groups in total. The number of hydrazine groups is 1. The Morgan fingerprint density at radius 1 is 1.19 bits per heavy atom. The van der Waals surface area contributed by atoms with Crippen molar-refractivity contribution in [2.45, 2.75) is 6.92 Å². The van der Waals surface area contributed by atoms with Crippen LogP contribution < -0.4 is 15.6 Å². The molecule has 0 aliphatic rings. The lowest BCUT2D eigenvalue weighted by Crippen LogP contribution is -2.43. The Labute approximate surface area is 156 Å². The van der Waals surface area contributed by atoms with Gasteiger partial charge in [-0.05, 0) is 54.5 Å². The fraction of sp³-hybridized carbons (Fsp3) is 0.105. The van der Waals surface area contributed by atoms with Crippen LogP contribution in [0.1, 0.15) is 16.7 Å². The lowest BCUT2D eigenvalue weighted by Gasteiger charge is -2.07. The minimum atomic E-state index is -0.519. The highest BCUT2D eigenvalue weighted by molar-refractivity contribution is 6.31. The minimum absolute atomic E-state index is 0.274. The molecule has 0 aliphatic heterocycles. The topological polar surface area (TPSA) is 91.2 Å². The third kappa shape index (κ3) is 5.96. The third-order valence-electron chi connectivity index (χ3n) is 3.30. The van der Waals surface area contributed by atoms with Crippen molar-refractivity contribution in [3.8, 4) is 11.8 Å². The van der Waals surface area contributed by atoms with Gasteiger partial charge in [-0.3, -0.25) is 20.4 Å². The molecule has 2 aromatic carbocycles. The van der Waals surface area contributed by atoms with E-state index in [9.17, 15) is 9.59 Å². The quantitative estimate of drug-likeness (QED) is 0.626. The Morgan fingerprint density at radius 2 is 1.92 bits per heavy atom. The summed E-state index contributed by atoms with van der Waals surface area (Å²) >= 11 is 6.01. The van der Waals surface area contributed by atoms with Crippen molar-refractivity contribution >= 4 is 29.5 Å². The van der Waals surface area contributed by atoms with Crippen molar-refractivity contribution in [2.24, 2.45) is 0 Å². The highest BCUT2D eigenvalue weighted by Crippen LogP contribution is 2.17. The molecule has 0 saturated carbocycles. The summed E-state index contributed by atoms with van der Waals surface area (Å²) in [5.74, 6) is -0.565. The summed E-state index contributed by atoms with van der Waals surface area (Å²) in [6.45, 7) is 1.61. The van der Waals surface area contributed by atoms with Crippen LogP contribution in [0, 0.1) is 18.3 Å². The molecule has 0 saturated heterocycles. The number of benzene rings is 2. The fourth-order valence-electron chi connectivity index (χ4n) is 1.87. The zero-order valence-electron chi connectivity index (χ0n) is 14.0. The molecule has 2 amide bonds. The molecule has 132 valence electrons. The van der Waals surface area contributed by atoms with Gasteiger partial charge in [0.25, 0.3) is 11.8 Å². The number of hydrogen-bond donors (Lipinski definition) is 2. The van der Waals surface area contributed by atoms with E-state index in [0.717, 1.165) is 11.1 Å². The molecule has 26 heavy (non-hydrogen) atoms. The molecule has 0 unspecified atom stereocenters. The molecule has 7 heteroatoms. The summed E-state index contributed by atoms with van der Waals surface area (Å²) in [4.78, 5) is 23.4. The number of nitrogens with zero attached hydrogens (tertiary/aromatic N) is 1. The number of ether oxygens (including phenoxy) is 1. The molecule has 0 radical (unpaired) electrons. The zero-order valence-corrected chi connectivity index (χ0v) is 14.7. The van der Waals surface area contributed by atoms with Gasteiger partial charge in [0.15, 0.2) is 6.61 Å². The molecular weight excluding hydrogens is 354 g/mol. The summed E-state index contributed by atoms with van der Waals surface area (Å²) in [6.07, 6.45) is 2.86. The third-order valence-corrected chi connectivity index (χ3v) is 3.71. The lowest BCUT2D eigenvalue weighted by molar-refractivity contribution is -0.128. The fourth-order valence-corrected chi connectivity index (χ4v) is 2.06. The standard InChI is InChI=1S/C19H16ClN3O3/c1-13-2-3-14(10-17(13)20)6-9-18(24)22-23-19(25)12-26-16-7-4-15(11-21)5-8-16/h2-10H,12H2,1H3,(H,22,24)(H,23,25)/b9-6+. The molecule has 0 atom stereocenters. The Morgan fingerprint density at radius 3 is 2.58 bits per heavy atom. The van der Waals surface area contributed by atoms with Crippen LogP contribution in [0.15, 0.2) is 48.5 Å². The van der Waals surface area contributed by atoms with Crippen LogP contribution in [0.5, 0.6) is 5.75 Å². The van der Waals surface area contributed by atoms with Gasteiger partial charge >= 0.3 is 0 Å². The monoisotopic (exact) mass is 369 g/mol. The SMILES string of the molecule is Cc1ccc(/C=C/C(=O)NNC(=O)COc2ccc(C#N)cc2)cc1Cl. The van der Waals surface area contributed by atoms with Crippen LogP contribution in [-0.2, 0) is 9.59 Å². The number of aryl methyl sites for hydroxylation is 1. The van der Waals surface area contributed by atoms with Gasteiger partial charge in [0.1, 0.15) is 5.75 Å². The van der Waals surface area contributed by atoms with E-state index >= 15 is 0 Å². The maximum Gasteiger partial charge on any atom is 0.276 e. The Bertz CT molecular complexity index is 871. The van der Waals surface area contributed by atoms with Crippen LogP contribution in [0.2, 0.25) is 5.02 Å². The van der Waals surface area contributed by atoms with E-state index in [4.69, 9.17) is 21.6 Å². The maximum atomic E-state index is 11.7. The van der Waals surface area contributed by atoms with Gasteiger partial charge in [0.05, 0.1) is 11.6 Å². The van der Waals surface area contributed by atoms with Gasteiger partial charge in [0.2, 0.25) is 0 Å². The Kier molecular flexibility index (Phi) is 6.77. The zero-order chi connectivity index (χ0) is 18.9. The van der Waals surface area contributed by atoms with E-state index < -0.39 is 11.8 Å². The summed E-state index contributed by atoms with van der Waals surface area (Å²) < 4.78 is 5.25. The van der Waals surface area contributed by atoms with Gasteiger partial charge in [0, 0.05) is 11.1 Å². The average Bonchev–Trinajstić information content (AvgIpc) is 2.66. The number of rotatable bonds is 5. The lowest BCUT2D eigenvalue weighted by atomic mass is 10.1. The predicted molar refractivity (Wildman–Crippen MR) is 98.2 cm³/mol. The van der Waals surface area contributed by atoms with E-state index in [2.05, 4.69) is 10.9 Å². The second-order valence-electron chi connectivity index (χ2n) is 5.30. The summed E-state index contributed by atoms with van der Waals surface area (Å²) in [5.41, 5.74) is 6.70. The Hall–Kier alpha value is -3.30. The van der Waals surface area contributed by atoms with Crippen molar-refractivity contribution in [1.29, 1.82) is 5.26 Å². The maximum absolute atomic E-state index is 11.7. The number of amides is 2. The summed E-state index contributed by atoms with van der Waals surface area (Å²) in [5, 5.41) is 9.32. The van der Waals surface area contributed by atoms with Crippen molar-refractivity contribution in [3.63, 3.8) is 0 Å². The molecular formula is C19H16ClN3O3. The molecule has 0 bridgehead atoms. The van der Waals surface area contributed by atoms with Gasteiger partial charge in [-0.25, -0.2) is 0 Å². The van der Waals surface area contributed by atoms with Gasteiger partial charge in [-0.2, -0.15) is 5.26 Å². The summed E-state index contributed by atoms with van der Waals surface area (Å²) in [6, 6.07) is 13.7. The first-order valence-corrected chi connectivity index (χ1v) is 8.02. The predicted octanol–water partition coefficient (Wildman–Crippen LogP) is 2.76. The van der Waals surface area contributed by atoms with Crippen molar-refractivity contribution in [2.75, 3.05) is 6.61 Å². The van der Waals surface area contributed by atoms with Crippen molar-refractivity contribution in [3.05, 3.63) is 70.3 Å². The van der Waals surface area contributed by atoms with Gasteiger partial charge < -0.3 is 4.74 Å². The largest absolute Gasteiger partial charge is 0.484 e. The van der Waals surface area contributed by atoms with Crippen LogP contribution in [0.25, 0.3) is 6.08 Å². The van der Waals surface area contributed by atoms with Crippen molar-refractivity contribution in [1.82, 2.24) is 10.9 Å². The molecule has 0 aliphatic carbocycles. The molecule has 0 aromatic heterocycles. The van der Waals surface area contributed by atoms with E-state index in [0.29, 0.717) is 16.3 Å². The normalized spacial score (nSPS) is 10.2. The van der Waals surface area contributed by atoms with Crippen molar-refractivity contribution < 1.29 is 14.3 Å². The number of halogens is 1. The van der Waals surface area contributed by atoms with Gasteiger partial charge in [-0.15, -0.1) is 0 Å². The van der Waals surface area contributed by atoms with E-state index in [-0.39, 0.29) is 6.61 Å². The Balaban J connectivity index is 1.75. The van der Waals surface area contributed by atoms with E-state index in [1.807, 2.05) is 25.1 Å². The summed E-state index contributed by atoms with van der Waals surface area (Å²) in [7, 11) is 0. The second-order valence-corrected chi connectivity index (χ2v) is 5.71. The highest BCUT2D eigenvalue weighted by Gasteiger charge is 2.04. The minimum Gasteiger partial charge on any atom is -0.484 e. The highest BCUT2D eigenvalue weighted by atomic mass is 35.5. The molecule has 0 heterocycles. The van der Waals surface area contributed by atoms with Crippen LogP contribution in [0.4, 0.5) is 0 Å². The van der Waals surface area contributed by atoms with E-state index in [1.165, 1.54) is 6.08 Å². The number of nitriles is 1. The molecule has 2 rings (SSSR count).